The second kappa shape index (κ2) is 10.2. The number of piperidine rings is 1. The number of methoxy groups -OCH3 is 2. The number of likely N-dealkylation sites (tertiary alicyclic amines) is 1. The van der Waals surface area contributed by atoms with Gasteiger partial charge >= 0.3 is 0 Å². The lowest BCUT2D eigenvalue weighted by molar-refractivity contribution is -0.151. The van der Waals surface area contributed by atoms with Crippen molar-refractivity contribution in [1.29, 1.82) is 0 Å². The largest absolute Gasteiger partial charge is 0.497 e. The fourth-order valence-corrected chi connectivity index (χ4v) is 5.63. The first-order chi connectivity index (χ1) is 16.4. The molecular weight excluding hydrogens is 426 g/mol. The molecule has 0 bridgehead atoms. The quantitative estimate of drug-likeness (QED) is 0.556. The molecule has 0 aromatic heterocycles. The molecule has 2 aromatic rings. The van der Waals surface area contributed by atoms with E-state index in [1.165, 1.54) is 5.56 Å². The zero-order valence-electron chi connectivity index (χ0n) is 20.8. The SMILES string of the molecule is COc1ccc([C@@H]2[C@H]3CCCC[C@@]3(O)CCN2C(=O)/C=C\c2ccc(C(C)C)cc2)c(OC)c1. The van der Waals surface area contributed by atoms with Crippen LogP contribution in [0.4, 0.5) is 0 Å². The van der Waals surface area contributed by atoms with Gasteiger partial charge in [0.05, 0.1) is 25.9 Å². The smallest absolute Gasteiger partial charge is 0.247 e. The van der Waals surface area contributed by atoms with Gasteiger partial charge < -0.3 is 19.5 Å². The number of carbonyl (C=O) groups excluding carboxylic acids is 1. The Hall–Kier alpha value is -2.79. The van der Waals surface area contributed by atoms with Gasteiger partial charge in [0.15, 0.2) is 0 Å². The molecule has 2 aromatic carbocycles. The van der Waals surface area contributed by atoms with Crippen LogP contribution in [0.25, 0.3) is 6.08 Å². The molecule has 1 saturated heterocycles. The van der Waals surface area contributed by atoms with Crippen LogP contribution in [-0.4, -0.2) is 42.3 Å². The standard InChI is InChI=1S/C29H37NO4/c1-20(2)22-11-8-21(9-12-22)10-15-27(31)30-18-17-29(32)16-6-5-7-25(29)28(30)24-14-13-23(33-3)19-26(24)34-4/h8-15,19-20,25,28,32H,5-7,16-18H2,1-4H3/b15-10-/t25-,28-,29-/m1/s1. The summed E-state index contributed by atoms with van der Waals surface area (Å²) in [6.45, 7) is 4.86. The van der Waals surface area contributed by atoms with Crippen molar-refractivity contribution in [2.45, 2.75) is 63.5 Å². The first kappa shape index (κ1) is 24.3. The van der Waals surface area contributed by atoms with Crippen LogP contribution in [-0.2, 0) is 4.79 Å². The molecule has 2 fully saturated rings. The number of nitrogens with zero attached hydrogens (tertiary/aromatic N) is 1. The van der Waals surface area contributed by atoms with Crippen LogP contribution in [0.5, 0.6) is 11.5 Å². The van der Waals surface area contributed by atoms with Crippen LogP contribution in [0, 0.1) is 5.92 Å². The molecule has 34 heavy (non-hydrogen) atoms. The van der Waals surface area contributed by atoms with Crippen LogP contribution >= 0.6 is 0 Å². The van der Waals surface area contributed by atoms with E-state index in [4.69, 9.17) is 9.47 Å². The summed E-state index contributed by atoms with van der Waals surface area (Å²) < 4.78 is 11.1. The molecule has 3 atom stereocenters. The predicted octanol–water partition coefficient (Wildman–Crippen LogP) is 5.74. The highest BCUT2D eigenvalue weighted by atomic mass is 16.5. The lowest BCUT2D eigenvalue weighted by Gasteiger charge is -2.52. The highest BCUT2D eigenvalue weighted by molar-refractivity contribution is 5.92. The number of hydrogen-bond acceptors (Lipinski definition) is 4. The number of carbonyl (C=O) groups is 1. The van der Waals surface area contributed by atoms with Gasteiger partial charge in [0.2, 0.25) is 5.91 Å². The molecule has 1 heterocycles. The van der Waals surface area contributed by atoms with E-state index in [9.17, 15) is 9.90 Å². The number of rotatable bonds is 6. The summed E-state index contributed by atoms with van der Waals surface area (Å²) in [4.78, 5) is 15.4. The molecule has 1 aliphatic carbocycles. The Bertz CT molecular complexity index is 1030. The van der Waals surface area contributed by atoms with Gasteiger partial charge in [-0.3, -0.25) is 4.79 Å². The molecule has 2 aliphatic rings. The molecule has 1 amide bonds. The van der Waals surface area contributed by atoms with Crippen molar-refractivity contribution in [3.63, 3.8) is 0 Å². The first-order valence-electron chi connectivity index (χ1n) is 12.4. The third kappa shape index (κ3) is 4.85. The van der Waals surface area contributed by atoms with Crippen molar-refractivity contribution >= 4 is 12.0 Å². The highest BCUT2D eigenvalue weighted by Gasteiger charge is 2.50. The van der Waals surface area contributed by atoms with E-state index in [2.05, 4.69) is 38.1 Å². The lowest BCUT2D eigenvalue weighted by Crippen LogP contribution is -2.56. The van der Waals surface area contributed by atoms with Crippen molar-refractivity contribution < 1.29 is 19.4 Å². The molecule has 4 rings (SSSR count). The van der Waals surface area contributed by atoms with E-state index < -0.39 is 5.60 Å². The number of amides is 1. The second-order valence-corrected chi connectivity index (χ2v) is 9.94. The normalized spacial score (nSPS) is 24.8. The summed E-state index contributed by atoms with van der Waals surface area (Å²) in [6.07, 6.45) is 7.92. The van der Waals surface area contributed by atoms with Crippen molar-refractivity contribution in [2.24, 2.45) is 5.92 Å². The maximum Gasteiger partial charge on any atom is 0.247 e. The Balaban J connectivity index is 1.66. The molecule has 0 unspecified atom stereocenters. The molecule has 5 heteroatoms. The fraction of sp³-hybridized carbons (Fsp3) is 0.483. The Labute approximate surface area is 203 Å². The zero-order chi connectivity index (χ0) is 24.3. The van der Waals surface area contributed by atoms with Gasteiger partial charge in [-0.1, -0.05) is 51.0 Å². The first-order valence-corrected chi connectivity index (χ1v) is 12.4. The fourth-order valence-electron chi connectivity index (χ4n) is 5.63. The highest BCUT2D eigenvalue weighted by Crippen LogP contribution is 2.51. The monoisotopic (exact) mass is 463 g/mol. The van der Waals surface area contributed by atoms with Crippen molar-refractivity contribution in [3.05, 3.63) is 65.2 Å². The maximum atomic E-state index is 13.5. The summed E-state index contributed by atoms with van der Waals surface area (Å²) in [5, 5.41) is 11.5. The molecule has 1 N–H and O–H groups in total. The van der Waals surface area contributed by atoms with Gasteiger partial charge in [-0.15, -0.1) is 0 Å². The van der Waals surface area contributed by atoms with Crippen molar-refractivity contribution in [1.82, 2.24) is 4.90 Å². The van der Waals surface area contributed by atoms with E-state index in [1.807, 2.05) is 29.2 Å². The van der Waals surface area contributed by atoms with Crippen LogP contribution < -0.4 is 9.47 Å². The second-order valence-electron chi connectivity index (χ2n) is 9.94. The molecule has 1 aliphatic heterocycles. The van der Waals surface area contributed by atoms with Crippen LogP contribution in [0.1, 0.15) is 74.6 Å². The third-order valence-electron chi connectivity index (χ3n) is 7.63. The minimum Gasteiger partial charge on any atom is -0.497 e. The van der Waals surface area contributed by atoms with Gasteiger partial charge in [-0.25, -0.2) is 0 Å². The summed E-state index contributed by atoms with van der Waals surface area (Å²) >= 11 is 0. The zero-order valence-corrected chi connectivity index (χ0v) is 20.8. The van der Waals surface area contributed by atoms with E-state index >= 15 is 0 Å². The number of ether oxygens (including phenoxy) is 2. The molecule has 5 nitrogen and oxygen atoms in total. The summed E-state index contributed by atoms with van der Waals surface area (Å²) in [6, 6.07) is 13.8. The Kier molecular flexibility index (Phi) is 7.32. The van der Waals surface area contributed by atoms with E-state index in [0.717, 1.165) is 36.8 Å². The van der Waals surface area contributed by atoms with Crippen LogP contribution in [0.2, 0.25) is 0 Å². The Morgan fingerprint density at radius 1 is 1.09 bits per heavy atom. The van der Waals surface area contributed by atoms with Gasteiger partial charge in [-0.05, 0) is 54.5 Å². The van der Waals surface area contributed by atoms with Gasteiger partial charge in [0.25, 0.3) is 0 Å². The van der Waals surface area contributed by atoms with E-state index in [1.54, 1.807) is 20.3 Å². The Morgan fingerprint density at radius 3 is 2.53 bits per heavy atom. The molecule has 1 saturated carbocycles. The Morgan fingerprint density at radius 2 is 1.85 bits per heavy atom. The van der Waals surface area contributed by atoms with Crippen LogP contribution in [0.3, 0.4) is 0 Å². The van der Waals surface area contributed by atoms with Crippen LogP contribution in [0.15, 0.2) is 48.5 Å². The number of fused-ring (bicyclic) bond motifs is 1. The van der Waals surface area contributed by atoms with Crippen molar-refractivity contribution in [2.75, 3.05) is 20.8 Å². The predicted molar refractivity (Wildman–Crippen MR) is 135 cm³/mol. The van der Waals surface area contributed by atoms with Crippen molar-refractivity contribution in [3.8, 4) is 11.5 Å². The molecular formula is C29H37NO4. The molecule has 0 radical (unpaired) electrons. The molecule has 0 spiro atoms. The lowest BCUT2D eigenvalue weighted by atomic mass is 9.66. The number of benzene rings is 2. The summed E-state index contributed by atoms with van der Waals surface area (Å²) in [5.41, 5.74) is 2.46. The minimum absolute atomic E-state index is 0.0278. The summed E-state index contributed by atoms with van der Waals surface area (Å²) in [5.74, 6) is 1.80. The minimum atomic E-state index is -0.749. The third-order valence-corrected chi connectivity index (χ3v) is 7.63. The van der Waals surface area contributed by atoms with Gasteiger partial charge in [0, 0.05) is 30.2 Å². The topological polar surface area (TPSA) is 59.0 Å². The van der Waals surface area contributed by atoms with E-state index in [-0.39, 0.29) is 17.9 Å². The number of hydrogen-bond donors (Lipinski definition) is 1. The maximum absolute atomic E-state index is 13.5. The average Bonchev–Trinajstić information content (AvgIpc) is 2.86. The van der Waals surface area contributed by atoms with E-state index in [0.29, 0.717) is 30.4 Å². The van der Waals surface area contributed by atoms with Gasteiger partial charge in [0.1, 0.15) is 11.5 Å². The average molecular weight is 464 g/mol. The van der Waals surface area contributed by atoms with Gasteiger partial charge in [-0.2, -0.15) is 0 Å². The number of aliphatic hydroxyl groups is 1. The molecule has 182 valence electrons. The summed E-state index contributed by atoms with van der Waals surface area (Å²) in [7, 11) is 3.27.